The molecule has 12 N–H and O–H groups in total. The molecule has 8 heteroatoms. The highest BCUT2D eigenvalue weighted by Crippen LogP contribution is 2.16. The molecule has 0 saturated carbocycles. The maximum Gasteiger partial charge on any atom is 0.0786 e. The monoisotopic (exact) mass is 369 g/mol. The van der Waals surface area contributed by atoms with Crippen LogP contribution in [-0.4, -0.2) is 63.5 Å². The van der Waals surface area contributed by atoms with Crippen LogP contribution in [0.4, 0.5) is 0 Å². The van der Waals surface area contributed by atoms with Crippen LogP contribution >= 0.6 is 0 Å². The van der Waals surface area contributed by atoms with Crippen LogP contribution in [0.25, 0.3) is 0 Å². The van der Waals surface area contributed by atoms with Gasteiger partial charge in [-0.15, -0.1) is 0 Å². The minimum atomic E-state index is 0. The number of unbranched alkanes of at least 4 members (excludes halogenated alkanes) is 4. The summed E-state index contributed by atoms with van der Waals surface area (Å²) in [6.45, 7) is 15.0. The number of hydrogen-bond acceptors (Lipinski definition) is 0. The fourth-order valence-electron chi connectivity index (χ4n) is 2.64. The summed E-state index contributed by atoms with van der Waals surface area (Å²) < 4.78 is 1.42. The number of hydrogen-bond donors (Lipinski definition) is 0. The largest absolute Gasteiger partial charge is 1.00 e. The smallest absolute Gasteiger partial charge is 0.0786 e. The first-order valence-electron chi connectivity index (χ1n) is 8.09. The summed E-state index contributed by atoms with van der Waals surface area (Å²) in [5.74, 6) is 0. The van der Waals surface area contributed by atoms with Gasteiger partial charge in [-0.2, -0.15) is 0 Å². The van der Waals surface area contributed by atoms with E-state index in [0.717, 1.165) is 0 Å². The first-order chi connectivity index (χ1) is 8.24. The summed E-state index contributed by atoms with van der Waals surface area (Å²) >= 11 is 0. The average Bonchev–Trinajstić information content (AvgIpc) is 2.37. The van der Waals surface area contributed by atoms with Gasteiger partial charge in [-0.1, -0.05) is 53.4 Å². The molecule has 0 fully saturated rings. The molecular weight excluding hydrogens is 321 g/mol. The molecule has 0 amide bonds. The third kappa shape index (κ3) is 23.9. The van der Waals surface area contributed by atoms with Gasteiger partial charge in [0.2, 0.25) is 0 Å². The summed E-state index contributed by atoms with van der Waals surface area (Å²) in [5, 5.41) is 0. The molecule has 0 rings (SSSR count). The van der Waals surface area contributed by atoms with E-state index in [1.54, 1.807) is 0 Å². The molecule has 0 spiro atoms. The standard InChI is InChI=1S/C16H36N.FH.6H2O/c1-5-9-13-17(14-10-6-2,15-11-7-3)16-12-8-4;;;;;;;/h5-16H2,1-4H3;1H;6*1H2/q+1;;;;;;;/p-1. The van der Waals surface area contributed by atoms with Crippen LogP contribution in [0, 0.1) is 0 Å². The van der Waals surface area contributed by atoms with Gasteiger partial charge in [0.05, 0.1) is 26.2 Å². The van der Waals surface area contributed by atoms with Crippen molar-refractivity contribution < 1.29 is 42.0 Å². The van der Waals surface area contributed by atoms with E-state index in [9.17, 15) is 0 Å². The van der Waals surface area contributed by atoms with Gasteiger partial charge in [-0.05, 0) is 25.7 Å². The molecule has 0 saturated heterocycles. The lowest BCUT2D eigenvalue weighted by Gasteiger charge is -2.39. The van der Waals surface area contributed by atoms with Gasteiger partial charge < -0.3 is 42.0 Å². The fraction of sp³-hybridized carbons (Fsp3) is 1.00. The Hall–Kier alpha value is -0.350. The minimum Gasteiger partial charge on any atom is -1.00 e. The van der Waals surface area contributed by atoms with E-state index in [4.69, 9.17) is 0 Å². The third-order valence-electron chi connectivity index (χ3n) is 3.94. The van der Waals surface area contributed by atoms with E-state index in [-0.39, 0.29) is 37.6 Å². The molecular formula is C16H48FNO6. The molecule has 0 bridgehead atoms. The van der Waals surface area contributed by atoms with Crippen LogP contribution in [0.2, 0.25) is 0 Å². The van der Waals surface area contributed by atoms with E-state index in [1.165, 1.54) is 82.0 Å². The Morgan fingerprint density at radius 2 is 0.583 bits per heavy atom. The van der Waals surface area contributed by atoms with Crippen LogP contribution in [0.3, 0.4) is 0 Å². The normalized spacial score (nSPS) is 8.50. The highest BCUT2D eigenvalue weighted by Gasteiger charge is 2.24. The second-order valence-electron chi connectivity index (χ2n) is 5.65. The zero-order valence-electron chi connectivity index (χ0n) is 16.3. The molecule has 0 radical (unpaired) electrons. The van der Waals surface area contributed by atoms with Gasteiger partial charge in [0, 0.05) is 0 Å². The van der Waals surface area contributed by atoms with Crippen LogP contribution in [0.15, 0.2) is 0 Å². The fourth-order valence-corrected chi connectivity index (χ4v) is 2.64. The van der Waals surface area contributed by atoms with Crippen molar-refractivity contribution in [3.05, 3.63) is 0 Å². The van der Waals surface area contributed by atoms with Crippen molar-refractivity contribution in [3.63, 3.8) is 0 Å². The Bertz CT molecular complexity index is 141. The lowest BCUT2D eigenvalue weighted by Crippen LogP contribution is -3.00. The van der Waals surface area contributed by atoms with Gasteiger partial charge in [0.1, 0.15) is 0 Å². The second-order valence-corrected chi connectivity index (χ2v) is 5.65. The molecule has 7 nitrogen and oxygen atoms in total. The van der Waals surface area contributed by atoms with Gasteiger partial charge in [-0.3, -0.25) is 0 Å². The summed E-state index contributed by atoms with van der Waals surface area (Å²) in [4.78, 5) is 0. The van der Waals surface area contributed by atoms with Crippen molar-refractivity contribution in [3.8, 4) is 0 Å². The molecule has 0 aromatic carbocycles. The number of nitrogens with zero attached hydrogens (tertiary/aromatic N) is 1. The van der Waals surface area contributed by atoms with Gasteiger partial charge >= 0.3 is 0 Å². The molecule has 0 aliphatic carbocycles. The van der Waals surface area contributed by atoms with Crippen molar-refractivity contribution in [2.24, 2.45) is 0 Å². The first kappa shape index (κ1) is 49.5. The number of halogens is 1. The molecule has 24 heavy (non-hydrogen) atoms. The quantitative estimate of drug-likeness (QED) is 0.318. The van der Waals surface area contributed by atoms with Crippen molar-refractivity contribution in [2.75, 3.05) is 26.2 Å². The van der Waals surface area contributed by atoms with Gasteiger partial charge in [-0.25, -0.2) is 0 Å². The molecule has 0 aromatic rings. The van der Waals surface area contributed by atoms with Crippen LogP contribution in [-0.2, 0) is 0 Å². The SMILES string of the molecule is CCCC[N+](CCCC)(CCCC)CCCC.O.O.O.O.O.O.[F-]. The average molecular weight is 370 g/mol. The van der Waals surface area contributed by atoms with E-state index in [2.05, 4.69) is 27.7 Å². The minimum absolute atomic E-state index is 0. The Kier molecular flexibility index (Phi) is 70.3. The number of quaternary nitrogens is 1. The Balaban J connectivity index is -0.0000000610. The Morgan fingerprint density at radius 1 is 0.417 bits per heavy atom. The van der Waals surface area contributed by atoms with E-state index < -0.39 is 0 Å². The van der Waals surface area contributed by atoms with E-state index in [1.807, 2.05) is 0 Å². The predicted molar refractivity (Wildman–Crippen MR) is 101 cm³/mol. The van der Waals surface area contributed by atoms with Crippen LogP contribution in [0.5, 0.6) is 0 Å². The molecule has 0 atom stereocenters. The molecule has 0 aliphatic rings. The predicted octanol–water partition coefficient (Wildman–Crippen LogP) is -2.94. The summed E-state index contributed by atoms with van der Waals surface area (Å²) in [7, 11) is 0. The Labute approximate surface area is 148 Å². The molecule has 0 aromatic heterocycles. The third-order valence-corrected chi connectivity index (χ3v) is 3.94. The van der Waals surface area contributed by atoms with Crippen LogP contribution in [0.1, 0.15) is 79.1 Å². The van der Waals surface area contributed by atoms with Crippen molar-refractivity contribution in [1.29, 1.82) is 0 Å². The molecule has 160 valence electrons. The molecule has 0 heterocycles. The van der Waals surface area contributed by atoms with Gasteiger partial charge in [0.15, 0.2) is 0 Å². The van der Waals surface area contributed by atoms with Crippen molar-refractivity contribution in [2.45, 2.75) is 79.1 Å². The van der Waals surface area contributed by atoms with Crippen molar-refractivity contribution in [1.82, 2.24) is 0 Å². The maximum atomic E-state index is 2.33. The lowest BCUT2D eigenvalue weighted by atomic mass is 10.1. The summed E-state index contributed by atoms with van der Waals surface area (Å²) in [5.41, 5.74) is 0. The van der Waals surface area contributed by atoms with E-state index >= 15 is 0 Å². The topological polar surface area (TPSA) is 189 Å². The van der Waals surface area contributed by atoms with Gasteiger partial charge in [0.25, 0.3) is 0 Å². The van der Waals surface area contributed by atoms with E-state index in [0.29, 0.717) is 0 Å². The zero-order chi connectivity index (χ0) is 13.0. The maximum absolute atomic E-state index is 2.33. The van der Waals surface area contributed by atoms with Crippen molar-refractivity contribution >= 4 is 0 Å². The summed E-state index contributed by atoms with van der Waals surface area (Å²) in [6.07, 6.45) is 11.1. The molecule has 0 aliphatic heterocycles. The zero-order valence-corrected chi connectivity index (χ0v) is 16.3. The van der Waals surface area contributed by atoms with Crippen LogP contribution < -0.4 is 4.70 Å². The molecule has 0 unspecified atom stereocenters. The highest BCUT2D eigenvalue weighted by molar-refractivity contribution is 4.49. The number of rotatable bonds is 12. The first-order valence-corrected chi connectivity index (χ1v) is 8.09. The lowest BCUT2D eigenvalue weighted by molar-refractivity contribution is -0.929. The second kappa shape index (κ2) is 34.1. The summed E-state index contributed by atoms with van der Waals surface area (Å²) in [6, 6.07) is 0. The Morgan fingerprint density at radius 3 is 0.708 bits per heavy atom. The highest BCUT2D eigenvalue weighted by atomic mass is 19.0.